The molecule has 0 aliphatic carbocycles. The van der Waals surface area contributed by atoms with Crippen molar-refractivity contribution in [1.82, 2.24) is 15.1 Å². The number of carbonyl (C=O) groups excluding carboxylic acids is 3. The molecule has 0 saturated heterocycles. The van der Waals surface area contributed by atoms with E-state index in [1.54, 1.807) is 30.3 Å². The molecule has 0 aliphatic heterocycles. The van der Waals surface area contributed by atoms with Gasteiger partial charge in [-0.25, -0.2) is 14.4 Å². The molecule has 0 unspecified atom stereocenters. The number of nitrogens with one attached hydrogen (secondary N) is 1. The Morgan fingerprint density at radius 3 is 2.12 bits per heavy atom. The van der Waals surface area contributed by atoms with Gasteiger partial charge in [0.05, 0.1) is 12.1 Å². The van der Waals surface area contributed by atoms with Crippen molar-refractivity contribution < 1.29 is 39.0 Å². The summed E-state index contributed by atoms with van der Waals surface area (Å²) in [6.45, 7) is -0.428. The number of hydrogen-bond donors (Lipinski definition) is 3. The van der Waals surface area contributed by atoms with E-state index in [1.807, 2.05) is 18.2 Å². The highest BCUT2D eigenvalue weighted by molar-refractivity contribution is 5.89. The lowest BCUT2D eigenvalue weighted by Gasteiger charge is -2.20. The van der Waals surface area contributed by atoms with Crippen LogP contribution in [0.3, 0.4) is 0 Å². The van der Waals surface area contributed by atoms with Crippen molar-refractivity contribution in [2.45, 2.75) is 6.61 Å². The number of amides is 2. The average molecular weight is 455 g/mol. The van der Waals surface area contributed by atoms with Gasteiger partial charge >= 0.3 is 18.2 Å². The summed E-state index contributed by atoms with van der Waals surface area (Å²) in [4.78, 5) is 46.7. The van der Waals surface area contributed by atoms with Gasteiger partial charge in [-0.15, -0.1) is 9.79 Å². The van der Waals surface area contributed by atoms with Gasteiger partial charge in [0.1, 0.15) is 6.61 Å². The fourth-order valence-electron chi connectivity index (χ4n) is 2.55. The summed E-state index contributed by atoms with van der Waals surface area (Å²) in [7, 11) is 0. The molecule has 33 heavy (non-hydrogen) atoms. The number of hydrogen-bond acceptors (Lipinski definition) is 8. The Morgan fingerprint density at radius 2 is 1.48 bits per heavy atom. The van der Waals surface area contributed by atoms with Gasteiger partial charge in [0.15, 0.2) is 0 Å². The maximum atomic E-state index is 12.5. The first-order chi connectivity index (χ1) is 15.9. The molecule has 1 aromatic heterocycles. The predicted molar refractivity (Wildman–Crippen MR) is 113 cm³/mol. The van der Waals surface area contributed by atoms with E-state index in [4.69, 9.17) is 14.4 Å². The fourth-order valence-corrected chi connectivity index (χ4v) is 2.55. The molecule has 11 heteroatoms. The van der Waals surface area contributed by atoms with Crippen molar-refractivity contribution in [1.29, 1.82) is 0 Å². The molecule has 0 fully saturated rings. The Hall–Kier alpha value is -4.67. The van der Waals surface area contributed by atoms with Crippen LogP contribution in [-0.2, 0) is 16.2 Å². The van der Waals surface area contributed by atoms with Crippen LogP contribution in [-0.4, -0.2) is 51.3 Å². The van der Waals surface area contributed by atoms with Crippen LogP contribution in [0.1, 0.15) is 15.9 Å². The van der Waals surface area contributed by atoms with Gasteiger partial charge in [-0.2, -0.15) is 0 Å². The first-order valence-electron chi connectivity index (χ1n) is 9.75. The standard InChI is InChI=1S/C22H21N3O8/c26-18-11-12-19(27)25(18)33-22(30)24(32-20(28)17-9-5-2-6-10-17)14-13-23-21(29)31-15-16-7-3-1-4-8-16/h1-12,26-27H,13-15H2,(H,23,29). The zero-order valence-corrected chi connectivity index (χ0v) is 17.3. The van der Waals surface area contributed by atoms with Crippen LogP contribution in [0, 0.1) is 0 Å². The average Bonchev–Trinajstić information content (AvgIpc) is 3.15. The van der Waals surface area contributed by atoms with Crippen LogP contribution >= 0.6 is 0 Å². The number of hydroxylamine groups is 2. The summed E-state index contributed by atoms with van der Waals surface area (Å²) in [6.07, 6.45) is -1.98. The van der Waals surface area contributed by atoms with Crippen LogP contribution in [0.15, 0.2) is 72.8 Å². The van der Waals surface area contributed by atoms with Gasteiger partial charge in [-0.05, 0) is 17.7 Å². The van der Waals surface area contributed by atoms with E-state index in [1.165, 1.54) is 12.1 Å². The van der Waals surface area contributed by atoms with Crippen LogP contribution in [0.4, 0.5) is 9.59 Å². The summed E-state index contributed by atoms with van der Waals surface area (Å²) < 4.78 is 5.51. The minimum atomic E-state index is -1.24. The van der Waals surface area contributed by atoms with E-state index in [-0.39, 0.29) is 25.3 Å². The highest BCUT2D eigenvalue weighted by Gasteiger charge is 2.24. The molecule has 0 atom stereocenters. The molecular formula is C22H21N3O8. The summed E-state index contributed by atoms with van der Waals surface area (Å²) in [6, 6.07) is 19.1. The monoisotopic (exact) mass is 455 g/mol. The first-order valence-corrected chi connectivity index (χ1v) is 9.75. The first kappa shape index (κ1) is 23.0. The number of alkyl carbamates (subject to hydrolysis) is 1. The number of ether oxygens (including phenoxy) is 1. The van der Waals surface area contributed by atoms with Crippen molar-refractivity contribution in [2.75, 3.05) is 13.1 Å². The van der Waals surface area contributed by atoms with Gasteiger partial charge in [-0.3, -0.25) is 0 Å². The number of aromatic nitrogens is 1. The van der Waals surface area contributed by atoms with Gasteiger partial charge < -0.3 is 29.9 Å². The quantitative estimate of drug-likeness (QED) is 0.462. The molecule has 172 valence electrons. The number of rotatable bonds is 7. The molecule has 0 radical (unpaired) electrons. The van der Waals surface area contributed by atoms with Gasteiger partial charge in [0.25, 0.3) is 0 Å². The van der Waals surface area contributed by atoms with Crippen LogP contribution in [0.5, 0.6) is 11.8 Å². The van der Waals surface area contributed by atoms with E-state index in [0.717, 1.165) is 17.7 Å². The summed E-state index contributed by atoms with van der Waals surface area (Å²) in [5.74, 6) is -1.98. The maximum Gasteiger partial charge on any atom is 0.468 e. The van der Waals surface area contributed by atoms with Gasteiger partial charge in [0, 0.05) is 18.7 Å². The largest absolute Gasteiger partial charge is 0.492 e. The molecule has 1 heterocycles. The van der Waals surface area contributed by atoms with Crippen molar-refractivity contribution in [2.24, 2.45) is 0 Å². The smallest absolute Gasteiger partial charge is 0.468 e. The zero-order chi connectivity index (χ0) is 23.6. The number of carbonyl (C=O) groups is 3. The zero-order valence-electron chi connectivity index (χ0n) is 17.3. The topological polar surface area (TPSA) is 140 Å². The third kappa shape index (κ3) is 6.66. The third-order valence-electron chi connectivity index (χ3n) is 4.17. The fraction of sp³-hybridized carbons (Fsp3) is 0.136. The SMILES string of the molecule is O=C(NCCN(OC(=O)c1ccccc1)C(=O)On1c(O)ccc1O)OCc1ccccc1. The normalized spacial score (nSPS) is 10.2. The summed E-state index contributed by atoms with van der Waals surface area (Å²) >= 11 is 0. The minimum Gasteiger partial charge on any atom is -0.492 e. The van der Waals surface area contributed by atoms with Crippen LogP contribution < -0.4 is 10.2 Å². The molecule has 0 spiro atoms. The number of benzene rings is 2. The Bertz CT molecular complexity index is 1070. The highest BCUT2D eigenvalue weighted by Crippen LogP contribution is 2.19. The predicted octanol–water partition coefficient (Wildman–Crippen LogP) is 2.45. The van der Waals surface area contributed by atoms with Crippen molar-refractivity contribution in [3.05, 3.63) is 83.9 Å². The van der Waals surface area contributed by atoms with E-state index >= 15 is 0 Å². The van der Waals surface area contributed by atoms with Crippen LogP contribution in [0.25, 0.3) is 0 Å². The van der Waals surface area contributed by atoms with Crippen molar-refractivity contribution in [3.63, 3.8) is 0 Å². The molecule has 11 nitrogen and oxygen atoms in total. The minimum absolute atomic E-state index is 0.0492. The molecule has 0 aliphatic rings. The lowest BCUT2D eigenvalue weighted by Crippen LogP contribution is -2.43. The summed E-state index contributed by atoms with van der Waals surface area (Å²) in [5.41, 5.74) is 0.957. The number of nitrogens with zero attached hydrogens (tertiary/aromatic N) is 2. The number of aromatic hydroxyl groups is 2. The second-order valence-electron chi connectivity index (χ2n) is 6.54. The molecule has 3 N–H and O–H groups in total. The molecule has 3 aromatic rings. The van der Waals surface area contributed by atoms with Crippen LogP contribution in [0.2, 0.25) is 0 Å². The van der Waals surface area contributed by atoms with Crippen molar-refractivity contribution in [3.8, 4) is 11.8 Å². The molecular weight excluding hydrogens is 434 g/mol. The molecule has 2 amide bonds. The molecule has 2 aromatic carbocycles. The maximum absolute atomic E-state index is 12.5. The molecule has 0 bridgehead atoms. The molecule has 0 saturated carbocycles. The lowest BCUT2D eigenvalue weighted by atomic mass is 10.2. The lowest BCUT2D eigenvalue weighted by molar-refractivity contribution is -0.0952. The molecule has 3 rings (SSSR count). The summed E-state index contributed by atoms with van der Waals surface area (Å²) in [5, 5.41) is 22.3. The van der Waals surface area contributed by atoms with E-state index in [9.17, 15) is 24.6 Å². The van der Waals surface area contributed by atoms with Gasteiger partial charge in [-0.1, -0.05) is 48.5 Å². The second-order valence-corrected chi connectivity index (χ2v) is 6.54. The van der Waals surface area contributed by atoms with E-state index in [2.05, 4.69) is 5.32 Å². The second kappa shape index (κ2) is 11.1. The third-order valence-corrected chi connectivity index (χ3v) is 4.17. The van der Waals surface area contributed by atoms with Gasteiger partial charge in [0.2, 0.25) is 11.8 Å². The Kier molecular flexibility index (Phi) is 7.73. The van der Waals surface area contributed by atoms with E-state index < -0.39 is 29.9 Å². The Labute approximate surface area is 188 Å². The Balaban J connectivity index is 1.59. The van der Waals surface area contributed by atoms with Crippen molar-refractivity contribution >= 4 is 18.2 Å². The van der Waals surface area contributed by atoms with E-state index in [0.29, 0.717) is 9.79 Å². The highest BCUT2D eigenvalue weighted by atomic mass is 16.8. The Morgan fingerprint density at radius 1 is 0.879 bits per heavy atom.